The molecule has 0 aliphatic carbocycles. The molecule has 1 aromatic heterocycles. The van der Waals surface area contributed by atoms with Gasteiger partial charge in [0.15, 0.2) is 0 Å². The summed E-state index contributed by atoms with van der Waals surface area (Å²) in [4.78, 5) is 2.56. The first-order valence-electron chi connectivity index (χ1n) is 5.40. The highest BCUT2D eigenvalue weighted by Gasteiger charge is 2.02. The normalized spacial score (nSPS) is 12.1. The van der Waals surface area contributed by atoms with Crippen LogP contribution in [-0.2, 0) is 4.74 Å². The van der Waals surface area contributed by atoms with E-state index in [0.717, 1.165) is 5.57 Å². The van der Waals surface area contributed by atoms with Crippen LogP contribution in [-0.4, -0.2) is 6.61 Å². The molecule has 0 bridgehead atoms. The van der Waals surface area contributed by atoms with E-state index < -0.39 is 0 Å². The first-order chi connectivity index (χ1) is 7.67. The molecule has 86 valence electrons. The van der Waals surface area contributed by atoms with Crippen LogP contribution in [0, 0.1) is 6.92 Å². The van der Waals surface area contributed by atoms with Crippen molar-refractivity contribution < 1.29 is 4.74 Å². The first-order valence-corrected chi connectivity index (χ1v) is 6.22. The van der Waals surface area contributed by atoms with E-state index in [1.54, 1.807) is 11.3 Å². The smallest absolute Gasteiger partial charge is 0.112 e. The van der Waals surface area contributed by atoms with Crippen LogP contribution in [0.4, 0.5) is 0 Å². The molecule has 0 saturated heterocycles. The van der Waals surface area contributed by atoms with Gasteiger partial charge >= 0.3 is 0 Å². The minimum absolute atomic E-state index is 0.655. The maximum absolute atomic E-state index is 5.35. The van der Waals surface area contributed by atoms with E-state index in [1.807, 2.05) is 26.0 Å². The minimum atomic E-state index is 0.655. The van der Waals surface area contributed by atoms with Crippen molar-refractivity contribution in [3.05, 3.63) is 52.5 Å². The summed E-state index contributed by atoms with van der Waals surface area (Å²) in [6.07, 6.45) is 6.09. The molecule has 0 amide bonds. The molecular formula is C14H18OS. The Bertz CT molecular complexity index is 410. The third-order valence-electron chi connectivity index (χ3n) is 2.02. The highest BCUT2D eigenvalue weighted by atomic mass is 32.1. The Hall–Kier alpha value is -1.28. The number of aryl methyl sites for hydroxylation is 1. The van der Waals surface area contributed by atoms with Crippen LogP contribution >= 0.6 is 11.3 Å². The Balaban J connectivity index is 2.95. The number of thiophene rings is 1. The summed E-state index contributed by atoms with van der Waals surface area (Å²) in [5.41, 5.74) is 1.15. The Morgan fingerprint density at radius 2 is 2.25 bits per heavy atom. The molecule has 1 aromatic rings. The van der Waals surface area contributed by atoms with E-state index in [9.17, 15) is 0 Å². The van der Waals surface area contributed by atoms with Crippen molar-refractivity contribution in [3.63, 3.8) is 0 Å². The van der Waals surface area contributed by atoms with Crippen molar-refractivity contribution in [2.24, 2.45) is 0 Å². The lowest BCUT2D eigenvalue weighted by molar-refractivity contribution is 0.244. The lowest BCUT2D eigenvalue weighted by Gasteiger charge is -2.03. The topological polar surface area (TPSA) is 9.23 Å². The minimum Gasteiger partial charge on any atom is -0.494 e. The molecule has 0 saturated carbocycles. The number of allylic oxidation sites excluding steroid dienone is 4. The highest BCUT2D eigenvalue weighted by molar-refractivity contribution is 7.13. The number of hydrogen-bond acceptors (Lipinski definition) is 2. The highest BCUT2D eigenvalue weighted by Crippen LogP contribution is 2.25. The van der Waals surface area contributed by atoms with Crippen molar-refractivity contribution in [2.75, 3.05) is 6.61 Å². The molecule has 0 spiro atoms. The molecule has 0 aliphatic heterocycles. The zero-order valence-electron chi connectivity index (χ0n) is 10.1. The predicted octanol–water partition coefficient (Wildman–Crippen LogP) is 4.57. The largest absolute Gasteiger partial charge is 0.494 e. The maximum Gasteiger partial charge on any atom is 0.112 e. The zero-order valence-corrected chi connectivity index (χ0v) is 10.9. The van der Waals surface area contributed by atoms with Gasteiger partial charge in [-0.3, -0.25) is 0 Å². The Morgan fingerprint density at radius 3 is 2.75 bits per heavy atom. The number of rotatable bonds is 5. The molecule has 1 rings (SSSR count). The monoisotopic (exact) mass is 234 g/mol. The third kappa shape index (κ3) is 3.70. The van der Waals surface area contributed by atoms with Gasteiger partial charge < -0.3 is 4.74 Å². The molecule has 2 heteroatoms. The van der Waals surface area contributed by atoms with Crippen LogP contribution in [0.15, 0.2) is 42.7 Å². The molecule has 16 heavy (non-hydrogen) atoms. The maximum atomic E-state index is 5.35. The van der Waals surface area contributed by atoms with Gasteiger partial charge in [0.05, 0.1) is 6.61 Å². The first kappa shape index (κ1) is 12.8. The zero-order chi connectivity index (χ0) is 12.0. The van der Waals surface area contributed by atoms with Gasteiger partial charge in [-0.15, -0.1) is 11.3 Å². The third-order valence-corrected chi connectivity index (χ3v) is 3.07. The summed E-state index contributed by atoms with van der Waals surface area (Å²) in [6.45, 7) is 10.6. The van der Waals surface area contributed by atoms with E-state index in [4.69, 9.17) is 4.74 Å². The fourth-order valence-electron chi connectivity index (χ4n) is 1.37. The molecule has 0 unspecified atom stereocenters. The summed E-state index contributed by atoms with van der Waals surface area (Å²) in [7, 11) is 0. The van der Waals surface area contributed by atoms with Gasteiger partial charge in [0, 0.05) is 9.75 Å². The van der Waals surface area contributed by atoms with Gasteiger partial charge in [0.25, 0.3) is 0 Å². The Morgan fingerprint density at radius 1 is 1.50 bits per heavy atom. The average molecular weight is 234 g/mol. The van der Waals surface area contributed by atoms with Crippen LogP contribution in [0.25, 0.3) is 5.57 Å². The van der Waals surface area contributed by atoms with Crippen molar-refractivity contribution >= 4 is 16.9 Å². The van der Waals surface area contributed by atoms with E-state index in [1.165, 1.54) is 9.75 Å². The SMILES string of the molecule is C=C(/C=C(\C=C/C)c1ccc(C)s1)OCC. The molecule has 0 radical (unpaired) electrons. The van der Waals surface area contributed by atoms with Crippen LogP contribution in [0.1, 0.15) is 23.6 Å². The summed E-state index contributed by atoms with van der Waals surface area (Å²) >= 11 is 1.78. The van der Waals surface area contributed by atoms with Crippen molar-refractivity contribution in [3.8, 4) is 0 Å². The fraction of sp³-hybridized carbons (Fsp3) is 0.286. The Labute approximate surface area is 102 Å². The standard InChI is InChI=1S/C14H18OS/c1-5-7-13(10-11(3)15-6-2)14-9-8-12(4)16-14/h5,7-10H,3,6H2,1-2,4H3/b7-5-,13-10+. The molecule has 0 atom stereocenters. The molecule has 0 aliphatic rings. The molecular weight excluding hydrogens is 216 g/mol. The van der Waals surface area contributed by atoms with E-state index in [-0.39, 0.29) is 0 Å². The van der Waals surface area contributed by atoms with Gasteiger partial charge in [-0.25, -0.2) is 0 Å². The second-order valence-electron chi connectivity index (χ2n) is 3.41. The van der Waals surface area contributed by atoms with E-state index in [2.05, 4.69) is 31.7 Å². The van der Waals surface area contributed by atoms with Gasteiger partial charge in [-0.05, 0) is 44.6 Å². The Kier molecular flexibility index (Phi) is 5.06. The number of hydrogen-bond donors (Lipinski definition) is 0. The summed E-state index contributed by atoms with van der Waals surface area (Å²) < 4.78 is 5.35. The predicted molar refractivity (Wildman–Crippen MR) is 72.6 cm³/mol. The van der Waals surface area contributed by atoms with Gasteiger partial charge in [0.1, 0.15) is 5.76 Å². The van der Waals surface area contributed by atoms with Gasteiger partial charge in [0.2, 0.25) is 0 Å². The lowest BCUT2D eigenvalue weighted by Crippen LogP contribution is -1.87. The lowest BCUT2D eigenvalue weighted by atomic mass is 10.2. The molecule has 1 heterocycles. The quantitative estimate of drug-likeness (QED) is 0.536. The van der Waals surface area contributed by atoms with E-state index in [0.29, 0.717) is 12.4 Å². The summed E-state index contributed by atoms with van der Waals surface area (Å²) in [5, 5.41) is 0. The number of ether oxygens (including phenoxy) is 1. The van der Waals surface area contributed by atoms with Crippen LogP contribution in [0.3, 0.4) is 0 Å². The van der Waals surface area contributed by atoms with Crippen LogP contribution < -0.4 is 0 Å². The summed E-state index contributed by atoms with van der Waals surface area (Å²) in [6, 6.07) is 4.26. The second kappa shape index (κ2) is 6.33. The average Bonchev–Trinajstić information content (AvgIpc) is 2.64. The van der Waals surface area contributed by atoms with Crippen molar-refractivity contribution in [1.29, 1.82) is 0 Å². The van der Waals surface area contributed by atoms with Crippen molar-refractivity contribution in [1.82, 2.24) is 0 Å². The van der Waals surface area contributed by atoms with E-state index >= 15 is 0 Å². The molecule has 0 N–H and O–H groups in total. The molecule has 0 aromatic carbocycles. The van der Waals surface area contributed by atoms with Crippen LogP contribution in [0.2, 0.25) is 0 Å². The summed E-state index contributed by atoms with van der Waals surface area (Å²) in [5.74, 6) is 0.710. The second-order valence-corrected chi connectivity index (χ2v) is 4.70. The van der Waals surface area contributed by atoms with Crippen LogP contribution in [0.5, 0.6) is 0 Å². The van der Waals surface area contributed by atoms with Crippen molar-refractivity contribution in [2.45, 2.75) is 20.8 Å². The fourth-order valence-corrected chi connectivity index (χ4v) is 2.23. The van der Waals surface area contributed by atoms with Gasteiger partial charge in [-0.1, -0.05) is 18.7 Å². The molecule has 0 fully saturated rings. The van der Waals surface area contributed by atoms with Gasteiger partial charge in [-0.2, -0.15) is 0 Å². The molecule has 1 nitrogen and oxygen atoms in total.